The number of hydrogen-bond acceptors (Lipinski definition) is 8. The van der Waals surface area contributed by atoms with Crippen molar-refractivity contribution in [2.75, 3.05) is 36.5 Å². The molecule has 4 aromatic rings. The number of carbonyl (C=O) groups excluding carboxylic acids is 1. The second-order valence-electron chi connectivity index (χ2n) is 13.1. The van der Waals surface area contributed by atoms with E-state index in [-0.39, 0.29) is 11.5 Å². The van der Waals surface area contributed by atoms with E-state index in [9.17, 15) is 4.79 Å². The SMILES string of the molecule is CC1COCCN1c1nc(-c2ccc(Nc3cccc(OCc4ccc(CC(C)(C)C)cc4)n3)cc2)nc2c1CCN(C=O)C2. The minimum Gasteiger partial charge on any atom is -0.473 e. The topological polar surface area (TPSA) is 92.7 Å². The monoisotopic (exact) mass is 606 g/mol. The highest BCUT2D eigenvalue weighted by molar-refractivity contribution is 5.66. The molecule has 1 saturated heterocycles. The van der Waals surface area contributed by atoms with Gasteiger partial charge in [-0.05, 0) is 66.6 Å². The Morgan fingerprint density at radius 2 is 1.76 bits per heavy atom. The average molecular weight is 607 g/mol. The summed E-state index contributed by atoms with van der Waals surface area (Å²) in [5.41, 5.74) is 6.55. The first kappa shape index (κ1) is 30.5. The molecule has 1 fully saturated rings. The van der Waals surface area contributed by atoms with E-state index in [0.717, 1.165) is 59.7 Å². The van der Waals surface area contributed by atoms with E-state index in [4.69, 9.17) is 19.4 Å². The second kappa shape index (κ2) is 13.2. The lowest BCUT2D eigenvalue weighted by Crippen LogP contribution is -2.45. The molecule has 0 aliphatic carbocycles. The molecule has 0 radical (unpaired) electrons. The van der Waals surface area contributed by atoms with Gasteiger partial charge in [0.1, 0.15) is 18.2 Å². The minimum absolute atomic E-state index is 0.215. The minimum atomic E-state index is 0.215. The number of nitrogens with zero attached hydrogens (tertiary/aromatic N) is 5. The van der Waals surface area contributed by atoms with E-state index < -0.39 is 0 Å². The van der Waals surface area contributed by atoms with Crippen LogP contribution in [0, 0.1) is 5.41 Å². The third-order valence-corrected chi connectivity index (χ3v) is 8.14. The molecule has 0 saturated carbocycles. The molecule has 1 atom stereocenters. The van der Waals surface area contributed by atoms with Crippen LogP contribution < -0.4 is 15.0 Å². The first-order valence-corrected chi connectivity index (χ1v) is 15.7. The van der Waals surface area contributed by atoms with E-state index >= 15 is 0 Å². The molecule has 0 bridgehead atoms. The van der Waals surface area contributed by atoms with Crippen molar-refractivity contribution in [1.82, 2.24) is 19.9 Å². The van der Waals surface area contributed by atoms with Crippen molar-refractivity contribution in [3.8, 4) is 17.3 Å². The zero-order chi connectivity index (χ0) is 31.4. The molecular weight excluding hydrogens is 564 g/mol. The number of nitrogens with one attached hydrogen (secondary N) is 1. The number of benzene rings is 2. The summed E-state index contributed by atoms with van der Waals surface area (Å²) >= 11 is 0. The maximum Gasteiger partial charge on any atom is 0.215 e. The van der Waals surface area contributed by atoms with Gasteiger partial charge in [-0.15, -0.1) is 0 Å². The summed E-state index contributed by atoms with van der Waals surface area (Å²) in [5.74, 6) is 2.87. The molecule has 9 heteroatoms. The van der Waals surface area contributed by atoms with Crippen LogP contribution in [0.1, 0.15) is 50.1 Å². The summed E-state index contributed by atoms with van der Waals surface area (Å²) in [5, 5.41) is 3.38. The third-order valence-electron chi connectivity index (χ3n) is 8.14. The van der Waals surface area contributed by atoms with Gasteiger partial charge in [0, 0.05) is 36.0 Å². The van der Waals surface area contributed by atoms with Crippen LogP contribution in [0.3, 0.4) is 0 Å². The molecule has 2 aromatic carbocycles. The van der Waals surface area contributed by atoms with Gasteiger partial charge in [-0.2, -0.15) is 4.98 Å². The Bertz CT molecular complexity index is 1620. The predicted octanol–water partition coefficient (Wildman–Crippen LogP) is 6.19. The Labute approximate surface area is 265 Å². The zero-order valence-corrected chi connectivity index (χ0v) is 26.6. The molecule has 9 nitrogen and oxygen atoms in total. The first-order valence-electron chi connectivity index (χ1n) is 15.7. The largest absolute Gasteiger partial charge is 0.473 e. The van der Waals surface area contributed by atoms with Crippen molar-refractivity contribution in [2.24, 2.45) is 5.41 Å². The molecule has 0 spiro atoms. The number of ether oxygens (including phenoxy) is 2. The number of fused-ring (bicyclic) bond motifs is 1. The molecule has 6 rings (SSSR count). The fraction of sp³-hybridized carbons (Fsp3) is 0.389. The van der Waals surface area contributed by atoms with Crippen LogP contribution in [0.25, 0.3) is 11.4 Å². The van der Waals surface area contributed by atoms with Gasteiger partial charge in [0.25, 0.3) is 0 Å². The van der Waals surface area contributed by atoms with Crippen molar-refractivity contribution in [3.63, 3.8) is 0 Å². The van der Waals surface area contributed by atoms with Gasteiger partial charge < -0.3 is 24.6 Å². The highest BCUT2D eigenvalue weighted by Gasteiger charge is 2.28. The van der Waals surface area contributed by atoms with Gasteiger partial charge in [-0.25, -0.2) is 9.97 Å². The lowest BCUT2D eigenvalue weighted by atomic mass is 9.88. The van der Waals surface area contributed by atoms with Crippen molar-refractivity contribution in [2.45, 2.75) is 59.7 Å². The quantitative estimate of drug-likeness (QED) is 0.226. The van der Waals surface area contributed by atoms with Gasteiger partial charge in [-0.3, -0.25) is 4.79 Å². The summed E-state index contributed by atoms with van der Waals surface area (Å²) in [6.45, 7) is 12.7. The number of hydrogen-bond donors (Lipinski definition) is 1. The van der Waals surface area contributed by atoms with Crippen LogP contribution in [-0.2, 0) is 35.5 Å². The highest BCUT2D eigenvalue weighted by Crippen LogP contribution is 2.32. The molecule has 1 unspecified atom stereocenters. The number of carbonyl (C=O) groups is 1. The molecule has 1 amide bonds. The van der Waals surface area contributed by atoms with Crippen molar-refractivity contribution >= 4 is 23.7 Å². The lowest BCUT2D eigenvalue weighted by molar-refractivity contribution is -0.119. The van der Waals surface area contributed by atoms with Gasteiger partial charge in [0.05, 0.1) is 31.5 Å². The first-order chi connectivity index (χ1) is 21.7. The Balaban J connectivity index is 1.15. The molecule has 45 heavy (non-hydrogen) atoms. The predicted molar refractivity (Wildman–Crippen MR) is 177 cm³/mol. The average Bonchev–Trinajstić information content (AvgIpc) is 3.04. The standard InChI is InChI=1S/C36H42N6O3/c1-25-22-44-19-18-42(25)35-30-16-17-41(24-43)21-31(30)38-34(40-35)28-12-14-29(15-13-28)37-32-6-5-7-33(39-32)45-23-27-10-8-26(9-11-27)20-36(2,3)4/h5-15,24-25H,16-23H2,1-4H3,(H,37,39). The normalized spacial score (nSPS) is 16.7. The van der Waals surface area contributed by atoms with Gasteiger partial charge in [0.15, 0.2) is 5.82 Å². The summed E-state index contributed by atoms with van der Waals surface area (Å²) in [4.78, 5) is 30.3. The van der Waals surface area contributed by atoms with Crippen LogP contribution >= 0.6 is 0 Å². The molecule has 2 aromatic heterocycles. The van der Waals surface area contributed by atoms with Gasteiger partial charge in [-0.1, -0.05) is 51.1 Å². The van der Waals surface area contributed by atoms with E-state index in [1.807, 2.05) is 42.5 Å². The Morgan fingerprint density at radius 3 is 2.49 bits per heavy atom. The van der Waals surface area contributed by atoms with E-state index in [2.05, 4.69) is 67.2 Å². The van der Waals surface area contributed by atoms with Crippen LogP contribution in [0.15, 0.2) is 66.7 Å². The summed E-state index contributed by atoms with van der Waals surface area (Å²) in [6.07, 6.45) is 2.69. The molecule has 2 aliphatic rings. The van der Waals surface area contributed by atoms with Gasteiger partial charge >= 0.3 is 0 Å². The van der Waals surface area contributed by atoms with E-state index in [1.165, 1.54) is 5.56 Å². The van der Waals surface area contributed by atoms with Crippen LogP contribution in [0.5, 0.6) is 5.88 Å². The van der Waals surface area contributed by atoms with Crippen molar-refractivity contribution < 1.29 is 14.3 Å². The van der Waals surface area contributed by atoms with Crippen molar-refractivity contribution in [3.05, 3.63) is 89.1 Å². The van der Waals surface area contributed by atoms with Crippen LogP contribution in [0.2, 0.25) is 0 Å². The molecule has 234 valence electrons. The molecule has 4 heterocycles. The maximum atomic E-state index is 11.6. The second-order valence-corrected chi connectivity index (χ2v) is 13.1. The zero-order valence-electron chi connectivity index (χ0n) is 26.6. The summed E-state index contributed by atoms with van der Waals surface area (Å²) < 4.78 is 11.7. The maximum absolute atomic E-state index is 11.6. The van der Waals surface area contributed by atoms with Crippen LogP contribution in [-0.4, -0.2) is 58.6 Å². The number of morpholine rings is 1. The lowest BCUT2D eigenvalue weighted by Gasteiger charge is -2.37. The number of anilines is 3. The van der Waals surface area contributed by atoms with E-state index in [1.54, 1.807) is 4.90 Å². The molecular formula is C36H42N6O3. The number of aromatic nitrogens is 3. The van der Waals surface area contributed by atoms with E-state index in [0.29, 0.717) is 50.4 Å². The Hall–Kier alpha value is -4.50. The Kier molecular flexibility index (Phi) is 8.98. The van der Waals surface area contributed by atoms with Crippen molar-refractivity contribution in [1.29, 1.82) is 0 Å². The molecule has 2 aliphatic heterocycles. The smallest absolute Gasteiger partial charge is 0.215 e. The highest BCUT2D eigenvalue weighted by atomic mass is 16.5. The number of pyridine rings is 1. The van der Waals surface area contributed by atoms with Crippen LogP contribution in [0.4, 0.5) is 17.3 Å². The molecule has 1 N–H and O–H groups in total. The Morgan fingerprint density at radius 1 is 0.978 bits per heavy atom. The summed E-state index contributed by atoms with van der Waals surface area (Å²) in [7, 11) is 0. The summed E-state index contributed by atoms with van der Waals surface area (Å²) in [6, 6.07) is 22.6. The fourth-order valence-corrected chi connectivity index (χ4v) is 5.87. The third kappa shape index (κ3) is 7.60. The number of amides is 1. The van der Waals surface area contributed by atoms with Gasteiger partial charge in [0.2, 0.25) is 12.3 Å². The number of rotatable bonds is 9. The fourth-order valence-electron chi connectivity index (χ4n) is 5.87.